The van der Waals surface area contributed by atoms with Gasteiger partial charge < -0.3 is 14.5 Å². The third kappa shape index (κ3) is 5.11. The van der Waals surface area contributed by atoms with Gasteiger partial charge in [-0.05, 0) is 61.5 Å². The van der Waals surface area contributed by atoms with Crippen molar-refractivity contribution < 1.29 is 14.3 Å². The molecule has 5 nitrogen and oxygen atoms in total. The van der Waals surface area contributed by atoms with Crippen molar-refractivity contribution in [3.8, 4) is 5.75 Å². The van der Waals surface area contributed by atoms with E-state index < -0.39 is 0 Å². The predicted octanol–water partition coefficient (Wildman–Crippen LogP) is 4.55. The molecule has 3 rings (SSSR count). The summed E-state index contributed by atoms with van der Waals surface area (Å²) < 4.78 is 6.00. The number of amides is 2. The lowest BCUT2D eigenvalue weighted by Crippen LogP contribution is -2.49. The van der Waals surface area contributed by atoms with Crippen molar-refractivity contribution >= 4 is 34.8 Å². The minimum absolute atomic E-state index is 0.00412. The number of benzene rings is 1. The molecule has 0 saturated heterocycles. The molecule has 2 heterocycles. The van der Waals surface area contributed by atoms with Gasteiger partial charge in [-0.2, -0.15) is 0 Å². The van der Waals surface area contributed by atoms with Crippen LogP contribution in [-0.4, -0.2) is 47.4 Å². The number of hydrogen-bond acceptors (Lipinski definition) is 4. The monoisotopic (exact) mass is 434 g/mol. The molecule has 7 heteroatoms. The van der Waals surface area contributed by atoms with Gasteiger partial charge in [0.1, 0.15) is 12.4 Å². The maximum Gasteiger partial charge on any atom is 0.242 e. The van der Waals surface area contributed by atoms with Gasteiger partial charge in [0.25, 0.3) is 0 Å². The predicted molar refractivity (Wildman–Crippen MR) is 117 cm³/mol. The number of rotatable bonds is 7. The molecule has 2 aromatic rings. The van der Waals surface area contributed by atoms with E-state index in [0.717, 1.165) is 12.0 Å². The first kappa shape index (κ1) is 21.7. The Bertz CT molecular complexity index is 850. The Hall–Kier alpha value is -2.05. The maximum atomic E-state index is 13.2. The molecule has 29 heavy (non-hydrogen) atoms. The molecule has 1 atom stereocenters. The molecule has 0 fully saturated rings. The average molecular weight is 435 g/mol. The van der Waals surface area contributed by atoms with Crippen LogP contribution in [0.25, 0.3) is 0 Å². The summed E-state index contributed by atoms with van der Waals surface area (Å²) in [6, 6.07) is 9.11. The topological polar surface area (TPSA) is 49.9 Å². The number of carbonyl (C=O) groups is 2. The number of fused-ring (bicyclic) bond motifs is 1. The minimum Gasteiger partial charge on any atom is -0.491 e. The highest BCUT2D eigenvalue weighted by molar-refractivity contribution is 7.10. The van der Waals surface area contributed by atoms with Crippen molar-refractivity contribution in [2.45, 2.75) is 45.7 Å². The smallest absolute Gasteiger partial charge is 0.242 e. The highest BCUT2D eigenvalue weighted by atomic mass is 35.5. The highest BCUT2D eigenvalue weighted by Crippen LogP contribution is 2.34. The molecule has 2 amide bonds. The largest absolute Gasteiger partial charge is 0.491 e. The fourth-order valence-corrected chi connectivity index (χ4v) is 4.63. The van der Waals surface area contributed by atoms with Crippen molar-refractivity contribution in [3.05, 3.63) is 51.2 Å². The lowest BCUT2D eigenvalue weighted by molar-refractivity contribution is -0.144. The summed E-state index contributed by atoms with van der Waals surface area (Å²) in [5, 5.41) is 2.72. The van der Waals surface area contributed by atoms with E-state index in [-0.39, 0.29) is 30.4 Å². The normalized spacial score (nSPS) is 15.9. The number of nitrogens with zero attached hydrogens (tertiary/aromatic N) is 2. The molecule has 0 radical (unpaired) electrons. The van der Waals surface area contributed by atoms with Crippen molar-refractivity contribution in [3.63, 3.8) is 0 Å². The van der Waals surface area contributed by atoms with Gasteiger partial charge in [-0.25, -0.2) is 0 Å². The van der Waals surface area contributed by atoms with Crippen LogP contribution in [0.15, 0.2) is 35.7 Å². The third-order valence-corrected chi connectivity index (χ3v) is 6.44. The SMILES string of the molecule is CCC(=O)N(CC(=O)N1CCc2sccc2[C@@H]1COc1ccc(Cl)cc1)C(C)C. The van der Waals surface area contributed by atoms with E-state index in [0.29, 0.717) is 30.3 Å². The van der Waals surface area contributed by atoms with Crippen LogP contribution in [0.4, 0.5) is 0 Å². The molecule has 0 saturated carbocycles. The summed E-state index contributed by atoms with van der Waals surface area (Å²) in [5.41, 5.74) is 1.14. The first-order chi connectivity index (χ1) is 13.9. The minimum atomic E-state index is -0.168. The molecule has 0 spiro atoms. The third-order valence-electron chi connectivity index (χ3n) is 5.19. The second-order valence-corrected chi connectivity index (χ2v) is 8.82. The van der Waals surface area contributed by atoms with E-state index in [2.05, 4.69) is 11.4 Å². The van der Waals surface area contributed by atoms with Crippen LogP contribution in [0, 0.1) is 0 Å². The summed E-state index contributed by atoms with van der Waals surface area (Å²) in [4.78, 5) is 30.3. The van der Waals surface area contributed by atoms with Gasteiger partial charge in [0.2, 0.25) is 11.8 Å². The van der Waals surface area contributed by atoms with Crippen LogP contribution in [0.5, 0.6) is 5.75 Å². The quantitative estimate of drug-likeness (QED) is 0.642. The van der Waals surface area contributed by atoms with Crippen molar-refractivity contribution in [2.24, 2.45) is 0 Å². The number of hydrogen-bond donors (Lipinski definition) is 0. The van der Waals surface area contributed by atoms with Crippen LogP contribution in [-0.2, 0) is 16.0 Å². The van der Waals surface area contributed by atoms with E-state index in [4.69, 9.17) is 16.3 Å². The lowest BCUT2D eigenvalue weighted by atomic mass is 10.00. The van der Waals surface area contributed by atoms with Gasteiger partial charge in [0.05, 0.1) is 12.6 Å². The second kappa shape index (κ2) is 9.63. The zero-order valence-electron chi connectivity index (χ0n) is 17.1. The number of thiophene rings is 1. The van der Waals surface area contributed by atoms with Crippen molar-refractivity contribution in [1.29, 1.82) is 0 Å². The summed E-state index contributed by atoms with van der Waals surface area (Å²) >= 11 is 7.67. The van der Waals surface area contributed by atoms with E-state index in [1.165, 1.54) is 4.88 Å². The first-order valence-corrected chi connectivity index (χ1v) is 11.2. The fourth-order valence-electron chi connectivity index (χ4n) is 3.58. The van der Waals surface area contributed by atoms with Crippen LogP contribution in [0.2, 0.25) is 5.02 Å². The Morgan fingerprint density at radius 2 is 2.00 bits per heavy atom. The summed E-state index contributed by atoms with van der Waals surface area (Å²) in [6.45, 7) is 6.79. The van der Waals surface area contributed by atoms with Crippen LogP contribution >= 0.6 is 22.9 Å². The molecule has 0 N–H and O–H groups in total. The molecular formula is C22H27ClN2O3S. The summed E-state index contributed by atoms with van der Waals surface area (Å²) in [7, 11) is 0. The molecule has 0 bridgehead atoms. The standard InChI is InChI=1S/C22H27ClN2O3S/c1-4-21(26)25(15(2)3)13-22(27)24-11-9-20-18(10-12-29-20)19(24)14-28-17-7-5-16(23)6-8-17/h5-8,10,12,15,19H,4,9,11,13-14H2,1-3H3/t19-/m0/s1. The van der Waals surface area contributed by atoms with E-state index in [1.54, 1.807) is 28.4 Å². The number of ether oxygens (including phenoxy) is 1. The lowest BCUT2D eigenvalue weighted by Gasteiger charge is -2.37. The van der Waals surface area contributed by atoms with Gasteiger partial charge >= 0.3 is 0 Å². The summed E-state index contributed by atoms with van der Waals surface area (Å²) in [6.07, 6.45) is 1.23. The fraction of sp³-hybridized carbons (Fsp3) is 0.455. The van der Waals surface area contributed by atoms with Gasteiger partial charge in [-0.3, -0.25) is 9.59 Å². The maximum absolute atomic E-state index is 13.2. The Labute approximate surface area is 181 Å². The van der Waals surface area contributed by atoms with Gasteiger partial charge in [0, 0.05) is 28.9 Å². The molecule has 1 aromatic carbocycles. The molecular weight excluding hydrogens is 408 g/mol. The van der Waals surface area contributed by atoms with E-state index >= 15 is 0 Å². The molecule has 0 unspecified atom stereocenters. The summed E-state index contributed by atoms with van der Waals surface area (Å²) in [5.74, 6) is 0.673. The molecule has 1 aliphatic rings. The van der Waals surface area contributed by atoms with Gasteiger partial charge in [0.15, 0.2) is 0 Å². The Balaban J connectivity index is 1.77. The van der Waals surface area contributed by atoms with Gasteiger partial charge in [-0.15, -0.1) is 11.3 Å². The molecule has 1 aromatic heterocycles. The van der Waals surface area contributed by atoms with Gasteiger partial charge in [-0.1, -0.05) is 18.5 Å². The Kier molecular flexibility index (Phi) is 7.19. The van der Waals surface area contributed by atoms with E-state index in [9.17, 15) is 9.59 Å². The number of carbonyl (C=O) groups excluding carboxylic acids is 2. The Morgan fingerprint density at radius 1 is 1.28 bits per heavy atom. The van der Waals surface area contributed by atoms with Crippen molar-refractivity contribution in [1.82, 2.24) is 9.80 Å². The number of halogens is 1. The van der Waals surface area contributed by atoms with E-state index in [1.807, 2.05) is 37.8 Å². The molecule has 156 valence electrons. The Morgan fingerprint density at radius 3 is 2.66 bits per heavy atom. The molecule has 0 aliphatic carbocycles. The van der Waals surface area contributed by atoms with Crippen molar-refractivity contribution in [2.75, 3.05) is 19.7 Å². The first-order valence-electron chi connectivity index (χ1n) is 9.94. The molecule has 1 aliphatic heterocycles. The van der Waals surface area contributed by atoms with Crippen LogP contribution < -0.4 is 4.74 Å². The second-order valence-electron chi connectivity index (χ2n) is 7.39. The zero-order chi connectivity index (χ0) is 21.0. The van der Waals surface area contributed by atoms with Crippen LogP contribution in [0.1, 0.15) is 43.7 Å². The van der Waals surface area contributed by atoms with Crippen LogP contribution in [0.3, 0.4) is 0 Å². The zero-order valence-corrected chi connectivity index (χ0v) is 18.6. The average Bonchev–Trinajstić information content (AvgIpc) is 3.19. The highest BCUT2D eigenvalue weighted by Gasteiger charge is 2.33.